The largest absolute Gasteiger partial charge is 0.334 e. The molecule has 0 spiro atoms. The lowest BCUT2D eigenvalue weighted by atomic mass is 10.1. The van der Waals surface area contributed by atoms with Crippen LogP contribution in [0.25, 0.3) is 0 Å². The van der Waals surface area contributed by atoms with E-state index >= 15 is 0 Å². The Labute approximate surface area is 106 Å². The van der Waals surface area contributed by atoms with E-state index < -0.39 is 5.82 Å². The Balaban J connectivity index is 2.64. The second-order valence-corrected chi connectivity index (χ2v) is 3.75. The Morgan fingerprint density at radius 3 is 2.61 bits per heavy atom. The summed E-state index contributed by atoms with van der Waals surface area (Å²) in [6.07, 6.45) is 0. The fourth-order valence-electron chi connectivity index (χ4n) is 1.55. The summed E-state index contributed by atoms with van der Waals surface area (Å²) in [6.45, 7) is 5.10. The standard InChI is InChI=1S/C13H16FN3O/c1-3-17(4-2)13(18)16-9-11-6-5-10(8-15)7-12(11)14/h5-7H,3-4,9H2,1-2H3,(H,16,18). The molecule has 0 aliphatic rings. The van der Waals surface area contributed by atoms with Crippen LogP contribution >= 0.6 is 0 Å². The van der Waals surface area contributed by atoms with Crippen molar-refractivity contribution in [3.63, 3.8) is 0 Å². The molecule has 1 rings (SSSR count). The van der Waals surface area contributed by atoms with Crippen LogP contribution in [0.2, 0.25) is 0 Å². The maximum Gasteiger partial charge on any atom is 0.317 e. The summed E-state index contributed by atoms with van der Waals surface area (Å²) in [7, 11) is 0. The molecule has 0 fully saturated rings. The number of rotatable bonds is 4. The van der Waals surface area contributed by atoms with Crippen molar-refractivity contribution in [2.45, 2.75) is 20.4 Å². The Bertz CT molecular complexity index is 464. The highest BCUT2D eigenvalue weighted by Gasteiger charge is 2.10. The first kappa shape index (κ1) is 14.0. The quantitative estimate of drug-likeness (QED) is 0.889. The van der Waals surface area contributed by atoms with Crippen LogP contribution in [0.1, 0.15) is 25.0 Å². The average molecular weight is 249 g/mol. The van der Waals surface area contributed by atoms with E-state index in [-0.39, 0.29) is 18.1 Å². The number of nitrogens with zero attached hydrogens (tertiary/aromatic N) is 2. The number of carbonyl (C=O) groups excluding carboxylic acids is 1. The van der Waals surface area contributed by atoms with Gasteiger partial charge >= 0.3 is 6.03 Å². The summed E-state index contributed by atoms with van der Waals surface area (Å²) in [5.41, 5.74) is 0.640. The van der Waals surface area contributed by atoms with Gasteiger partial charge in [-0.25, -0.2) is 9.18 Å². The number of benzene rings is 1. The highest BCUT2D eigenvalue weighted by atomic mass is 19.1. The van der Waals surface area contributed by atoms with Gasteiger partial charge in [-0.3, -0.25) is 0 Å². The molecule has 0 aliphatic carbocycles. The zero-order valence-electron chi connectivity index (χ0n) is 10.5. The number of nitrogens with one attached hydrogen (secondary N) is 1. The van der Waals surface area contributed by atoms with Gasteiger partial charge in [-0.2, -0.15) is 5.26 Å². The fraction of sp³-hybridized carbons (Fsp3) is 0.385. The van der Waals surface area contributed by atoms with Crippen molar-refractivity contribution in [3.05, 3.63) is 35.1 Å². The van der Waals surface area contributed by atoms with Gasteiger partial charge in [-0.15, -0.1) is 0 Å². The molecule has 96 valence electrons. The number of halogens is 1. The minimum atomic E-state index is -0.478. The number of urea groups is 1. The van der Waals surface area contributed by atoms with Crippen molar-refractivity contribution in [1.82, 2.24) is 10.2 Å². The SMILES string of the molecule is CCN(CC)C(=O)NCc1ccc(C#N)cc1F. The van der Waals surface area contributed by atoms with Gasteiger partial charge in [-0.1, -0.05) is 6.07 Å². The molecule has 0 aliphatic heterocycles. The normalized spacial score (nSPS) is 9.67. The van der Waals surface area contributed by atoms with Gasteiger partial charge in [0.05, 0.1) is 11.6 Å². The third-order valence-corrected chi connectivity index (χ3v) is 2.66. The van der Waals surface area contributed by atoms with Gasteiger partial charge in [0.2, 0.25) is 0 Å². The molecule has 0 bridgehead atoms. The third-order valence-electron chi connectivity index (χ3n) is 2.66. The topological polar surface area (TPSA) is 56.1 Å². The third kappa shape index (κ3) is 3.45. The second-order valence-electron chi connectivity index (χ2n) is 3.75. The van der Waals surface area contributed by atoms with Crippen molar-refractivity contribution in [3.8, 4) is 6.07 Å². The molecule has 0 heterocycles. The molecule has 0 radical (unpaired) electrons. The molecule has 4 nitrogen and oxygen atoms in total. The summed E-state index contributed by atoms with van der Waals surface area (Å²) in [4.78, 5) is 13.3. The molecule has 0 aromatic heterocycles. The van der Waals surface area contributed by atoms with E-state index in [1.807, 2.05) is 19.9 Å². The minimum Gasteiger partial charge on any atom is -0.334 e. The molecule has 0 saturated heterocycles. The molecule has 0 unspecified atom stereocenters. The Kier molecular flexibility index (Phi) is 5.12. The summed E-state index contributed by atoms with van der Waals surface area (Å²) in [5.74, 6) is -0.478. The van der Waals surface area contributed by atoms with Crippen LogP contribution in [-0.2, 0) is 6.54 Å². The zero-order chi connectivity index (χ0) is 13.5. The number of hydrogen-bond donors (Lipinski definition) is 1. The van der Waals surface area contributed by atoms with Gasteiger partial charge < -0.3 is 10.2 Å². The molecule has 5 heteroatoms. The Morgan fingerprint density at radius 2 is 2.11 bits per heavy atom. The smallest absolute Gasteiger partial charge is 0.317 e. The molecule has 1 aromatic rings. The zero-order valence-corrected chi connectivity index (χ0v) is 10.5. The van der Waals surface area contributed by atoms with Gasteiger partial charge in [0.15, 0.2) is 0 Å². The number of amides is 2. The van der Waals surface area contributed by atoms with Crippen LogP contribution in [0.4, 0.5) is 9.18 Å². The fourth-order valence-corrected chi connectivity index (χ4v) is 1.55. The molecular weight excluding hydrogens is 233 g/mol. The highest BCUT2D eigenvalue weighted by Crippen LogP contribution is 2.09. The average Bonchev–Trinajstić information content (AvgIpc) is 2.38. The van der Waals surface area contributed by atoms with E-state index in [4.69, 9.17) is 5.26 Å². The molecule has 0 saturated carbocycles. The molecule has 2 amide bonds. The molecule has 0 atom stereocenters. The van der Waals surface area contributed by atoms with Crippen molar-refractivity contribution in [1.29, 1.82) is 5.26 Å². The first-order chi connectivity index (χ1) is 8.62. The molecule has 1 N–H and O–H groups in total. The van der Waals surface area contributed by atoms with E-state index in [9.17, 15) is 9.18 Å². The maximum atomic E-state index is 13.5. The molecular formula is C13H16FN3O. The van der Waals surface area contributed by atoms with Crippen molar-refractivity contribution < 1.29 is 9.18 Å². The summed E-state index contributed by atoms with van der Waals surface area (Å²) < 4.78 is 13.5. The maximum absolute atomic E-state index is 13.5. The lowest BCUT2D eigenvalue weighted by Crippen LogP contribution is -2.39. The van der Waals surface area contributed by atoms with E-state index in [0.29, 0.717) is 18.7 Å². The number of nitriles is 1. The van der Waals surface area contributed by atoms with Crippen molar-refractivity contribution >= 4 is 6.03 Å². The van der Waals surface area contributed by atoms with Crippen LogP contribution in [0.5, 0.6) is 0 Å². The molecule has 18 heavy (non-hydrogen) atoms. The summed E-state index contributed by atoms with van der Waals surface area (Å²) in [6, 6.07) is 5.85. The highest BCUT2D eigenvalue weighted by molar-refractivity contribution is 5.74. The lowest BCUT2D eigenvalue weighted by molar-refractivity contribution is 0.202. The van der Waals surface area contributed by atoms with Crippen LogP contribution in [0, 0.1) is 17.1 Å². The van der Waals surface area contributed by atoms with Gasteiger partial charge in [0.25, 0.3) is 0 Å². The van der Waals surface area contributed by atoms with Crippen LogP contribution in [-0.4, -0.2) is 24.0 Å². The predicted molar refractivity (Wildman–Crippen MR) is 66.3 cm³/mol. The van der Waals surface area contributed by atoms with E-state index in [1.54, 1.807) is 4.90 Å². The van der Waals surface area contributed by atoms with E-state index in [1.165, 1.54) is 18.2 Å². The minimum absolute atomic E-state index is 0.118. The van der Waals surface area contributed by atoms with Gasteiger partial charge in [-0.05, 0) is 26.0 Å². The second kappa shape index (κ2) is 6.60. The Morgan fingerprint density at radius 1 is 1.44 bits per heavy atom. The summed E-state index contributed by atoms with van der Waals surface area (Å²) >= 11 is 0. The number of hydrogen-bond acceptors (Lipinski definition) is 2. The number of carbonyl (C=O) groups is 1. The van der Waals surface area contributed by atoms with Crippen LogP contribution in [0.15, 0.2) is 18.2 Å². The van der Waals surface area contributed by atoms with Crippen LogP contribution in [0.3, 0.4) is 0 Å². The van der Waals surface area contributed by atoms with Gasteiger partial charge in [0, 0.05) is 25.2 Å². The van der Waals surface area contributed by atoms with Crippen LogP contribution < -0.4 is 5.32 Å². The van der Waals surface area contributed by atoms with E-state index in [0.717, 1.165) is 0 Å². The van der Waals surface area contributed by atoms with Crippen molar-refractivity contribution in [2.24, 2.45) is 0 Å². The van der Waals surface area contributed by atoms with Crippen molar-refractivity contribution in [2.75, 3.05) is 13.1 Å². The monoisotopic (exact) mass is 249 g/mol. The molecule has 1 aromatic carbocycles. The summed E-state index contributed by atoms with van der Waals surface area (Å²) in [5, 5.41) is 11.3. The first-order valence-corrected chi connectivity index (χ1v) is 5.83. The predicted octanol–water partition coefficient (Wildman–Crippen LogP) is 2.25. The Hall–Kier alpha value is -2.09. The first-order valence-electron chi connectivity index (χ1n) is 5.83. The lowest BCUT2D eigenvalue weighted by Gasteiger charge is -2.19. The van der Waals surface area contributed by atoms with Gasteiger partial charge in [0.1, 0.15) is 5.82 Å². The van der Waals surface area contributed by atoms with E-state index in [2.05, 4.69) is 5.32 Å².